The molecule has 0 radical (unpaired) electrons. The molecule has 0 aromatic heterocycles. The highest BCUT2D eigenvalue weighted by Gasteiger charge is 2.31. The van der Waals surface area contributed by atoms with Gasteiger partial charge in [-0.1, -0.05) is 12.1 Å². The van der Waals surface area contributed by atoms with Crippen LogP contribution >= 0.6 is 0 Å². The Balaban J connectivity index is 2.09. The van der Waals surface area contributed by atoms with Gasteiger partial charge in [0.25, 0.3) is 0 Å². The Bertz CT molecular complexity index is 430. The predicted molar refractivity (Wildman–Crippen MR) is 70.9 cm³/mol. The zero-order valence-electron chi connectivity index (χ0n) is 11.5. The Morgan fingerprint density at radius 2 is 1.76 bits per heavy atom. The lowest BCUT2D eigenvalue weighted by atomic mass is 10.0. The molecule has 3 nitrogen and oxygen atoms in total. The SMILES string of the molecule is FCC[C@H](c1ccc(OC(F)(F)F)cc1)N1CCNCC1. The highest BCUT2D eigenvalue weighted by Crippen LogP contribution is 2.28. The first-order valence-corrected chi connectivity index (χ1v) is 6.86. The fourth-order valence-electron chi connectivity index (χ4n) is 2.55. The molecule has 1 aliphatic heterocycles. The summed E-state index contributed by atoms with van der Waals surface area (Å²) in [6, 6.07) is 5.58. The van der Waals surface area contributed by atoms with Gasteiger partial charge in [-0.25, -0.2) is 0 Å². The zero-order chi connectivity index (χ0) is 15.3. The number of alkyl halides is 4. The fourth-order valence-corrected chi connectivity index (χ4v) is 2.55. The molecule has 0 amide bonds. The van der Waals surface area contributed by atoms with Gasteiger partial charge < -0.3 is 10.1 Å². The van der Waals surface area contributed by atoms with Crippen LogP contribution in [0.25, 0.3) is 0 Å². The second-order valence-corrected chi connectivity index (χ2v) is 4.90. The first kappa shape index (κ1) is 16.0. The van der Waals surface area contributed by atoms with Gasteiger partial charge in [0, 0.05) is 32.2 Å². The molecular formula is C14H18F4N2O. The van der Waals surface area contributed by atoms with Crippen LogP contribution in [0.15, 0.2) is 24.3 Å². The van der Waals surface area contributed by atoms with Gasteiger partial charge in [0.2, 0.25) is 0 Å². The Morgan fingerprint density at radius 1 is 1.14 bits per heavy atom. The van der Waals surface area contributed by atoms with Crippen LogP contribution in [0.3, 0.4) is 0 Å². The third kappa shape index (κ3) is 4.86. The maximum absolute atomic E-state index is 12.8. The van der Waals surface area contributed by atoms with Crippen molar-refractivity contribution in [3.63, 3.8) is 0 Å². The molecule has 0 unspecified atom stereocenters. The van der Waals surface area contributed by atoms with Crippen LogP contribution in [0.4, 0.5) is 17.6 Å². The van der Waals surface area contributed by atoms with Crippen molar-refractivity contribution in [1.29, 1.82) is 0 Å². The number of nitrogens with zero attached hydrogens (tertiary/aromatic N) is 1. The minimum absolute atomic E-state index is 0.114. The molecule has 1 heterocycles. The first-order chi connectivity index (χ1) is 9.99. The smallest absolute Gasteiger partial charge is 0.406 e. The number of halogens is 4. The van der Waals surface area contributed by atoms with Crippen LogP contribution in [0.2, 0.25) is 0 Å². The molecule has 1 aliphatic rings. The molecular weight excluding hydrogens is 288 g/mol. The lowest BCUT2D eigenvalue weighted by molar-refractivity contribution is -0.274. The largest absolute Gasteiger partial charge is 0.573 e. The van der Waals surface area contributed by atoms with E-state index >= 15 is 0 Å². The van der Waals surface area contributed by atoms with Crippen molar-refractivity contribution in [2.24, 2.45) is 0 Å². The van der Waals surface area contributed by atoms with Gasteiger partial charge in [-0.2, -0.15) is 0 Å². The Morgan fingerprint density at radius 3 is 2.29 bits per heavy atom. The quantitative estimate of drug-likeness (QED) is 0.847. The van der Waals surface area contributed by atoms with E-state index in [0.717, 1.165) is 31.7 Å². The van der Waals surface area contributed by atoms with E-state index in [4.69, 9.17) is 0 Å². The summed E-state index contributed by atoms with van der Waals surface area (Å²) < 4.78 is 53.0. The van der Waals surface area contributed by atoms with E-state index in [-0.39, 0.29) is 11.8 Å². The number of piperazine rings is 1. The summed E-state index contributed by atoms with van der Waals surface area (Å²) in [7, 11) is 0. The van der Waals surface area contributed by atoms with Crippen molar-refractivity contribution in [3.8, 4) is 5.75 Å². The van der Waals surface area contributed by atoms with Gasteiger partial charge in [-0.3, -0.25) is 9.29 Å². The van der Waals surface area contributed by atoms with E-state index in [1.807, 2.05) is 0 Å². The third-order valence-corrected chi connectivity index (χ3v) is 3.47. The molecule has 0 saturated carbocycles. The predicted octanol–water partition coefficient (Wildman–Crippen LogP) is 2.89. The van der Waals surface area contributed by atoms with Crippen molar-refractivity contribution in [1.82, 2.24) is 10.2 Å². The molecule has 1 saturated heterocycles. The molecule has 1 aromatic rings. The molecule has 0 spiro atoms. The minimum atomic E-state index is -4.70. The number of hydrogen-bond donors (Lipinski definition) is 1. The van der Waals surface area contributed by atoms with Crippen LogP contribution < -0.4 is 10.1 Å². The van der Waals surface area contributed by atoms with Crippen LogP contribution in [0.1, 0.15) is 18.0 Å². The monoisotopic (exact) mass is 306 g/mol. The van der Waals surface area contributed by atoms with E-state index in [1.54, 1.807) is 12.1 Å². The van der Waals surface area contributed by atoms with Crippen LogP contribution in [0.5, 0.6) is 5.75 Å². The molecule has 2 rings (SSSR count). The molecule has 0 bridgehead atoms. The highest BCUT2D eigenvalue weighted by molar-refractivity contribution is 5.29. The summed E-state index contributed by atoms with van der Waals surface area (Å²) in [4.78, 5) is 2.15. The molecule has 1 atom stereocenters. The average Bonchev–Trinajstić information content (AvgIpc) is 2.45. The first-order valence-electron chi connectivity index (χ1n) is 6.86. The zero-order valence-corrected chi connectivity index (χ0v) is 11.5. The Labute approximate surface area is 120 Å². The van der Waals surface area contributed by atoms with Gasteiger partial charge in [0.15, 0.2) is 0 Å². The fraction of sp³-hybridized carbons (Fsp3) is 0.571. The van der Waals surface area contributed by atoms with Crippen molar-refractivity contribution in [3.05, 3.63) is 29.8 Å². The van der Waals surface area contributed by atoms with Gasteiger partial charge in [0.05, 0.1) is 6.67 Å². The normalized spacial score (nSPS) is 18.5. The summed E-state index contributed by atoms with van der Waals surface area (Å²) in [5.74, 6) is -0.259. The molecule has 1 fully saturated rings. The molecule has 21 heavy (non-hydrogen) atoms. The lowest BCUT2D eigenvalue weighted by Crippen LogP contribution is -2.45. The molecule has 1 N–H and O–H groups in total. The number of hydrogen-bond acceptors (Lipinski definition) is 3. The van der Waals surface area contributed by atoms with Gasteiger partial charge in [-0.15, -0.1) is 13.2 Å². The van der Waals surface area contributed by atoms with Gasteiger partial charge >= 0.3 is 6.36 Å². The molecule has 118 valence electrons. The van der Waals surface area contributed by atoms with Gasteiger partial charge in [0.1, 0.15) is 5.75 Å². The maximum Gasteiger partial charge on any atom is 0.573 e. The maximum atomic E-state index is 12.8. The number of benzene rings is 1. The summed E-state index contributed by atoms with van der Waals surface area (Å²) in [5, 5.41) is 3.22. The average molecular weight is 306 g/mol. The van der Waals surface area contributed by atoms with Crippen LogP contribution in [0, 0.1) is 0 Å². The van der Waals surface area contributed by atoms with Crippen molar-refractivity contribution in [2.45, 2.75) is 18.8 Å². The standard InChI is InChI=1S/C14H18F4N2O/c15-6-5-13(20-9-7-19-8-10-20)11-1-3-12(4-2-11)21-14(16,17)18/h1-4,13,19H,5-10H2/t13-/m1/s1. The Kier molecular flexibility index (Phi) is 5.41. The van der Waals surface area contributed by atoms with Gasteiger partial charge in [-0.05, 0) is 24.1 Å². The van der Waals surface area contributed by atoms with E-state index in [0.29, 0.717) is 6.42 Å². The summed E-state index contributed by atoms with van der Waals surface area (Å²) in [6.45, 7) is 2.79. The van der Waals surface area contributed by atoms with Crippen molar-refractivity contribution >= 4 is 0 Å². The summed E-state index contributed by atoms with van der Waals surface area (Å²) >= 11 is 0. The number of rotatable bonds is 5. The molecule has 0 aliphatic carbocycles. The molecule has 1 aromatic carbocycles. The highest BCUT2D eigenvalue weighted by atomic mass is 19.4. The van der Waals surface area contributed by atoms with Crippen molar-refractivity contribution in [2.75, 3.05) is 32.9 Å². The molecule has 7 heteroatoms. The summed E-state index contributed by atoms with van der Waals surface area (Å²) in [6.07, 6.45) is -4.36. The second kappa shape index (κ2) is 7.09. The van der Waals surface area contributed by atoms with E-state index in [1.165, 1.54) is 12.1 Å². The number of nitrogens with one attached hydrogen (secondary N) is 1. The second-order valence-electron chi connectivity index (χ2n) is 4.90. The summed E-state index contributed by atoms with van der Waals surface area (Å²) in [5.41, 5.74) is 0.809. The Hall–Kier alpha value is -1.34. The topological polar surface area (TPSA) is 24.5 Å². The van der Waals surface area contributed by atoms with Crippen LogP contribution in [-0.4, -0.2) is 44.1 Å². The van der Waals surface area contributed by atoms with Crippen LogP contribution in [-0.2, 0) is 0 Å². The minimum Gasteiger partial charge on any atom is -0.406 e. The van der Waals surface area contributed by atoms with E-state index in [9.17, 15) is 17.6 Å². The third-order valence-electron chi connectivity index (χ3n) is 3.47. The lowest BCUT2D eigenvalue weighted by Gasteiger charge is -2.35. The number of ether oxygens (including phenoxy) is 1. The van der Waals surface area contributed by atoms with Crippen molar-refractivity contribution < 1.29 is 22.3 Å². The van der Waals surface area contributed by atoms with E-state index < -0.39 is 13.0 Å². The van der Waals surface area contributed by atoms with E-state index in [2.05, 4.69) is 15.0 Å².